The number of amides is 1. The molecular formula is C32H38N2O6. The molecule has 1 saturated carbocycles. The van der Waals surface area contributed by atoms with Crippen molar-refractivity contribution in [2.45, 2.75) is 75.5 Å². The maximum Gasteiger partial charge on any atom is 0.411 e. The van der Waals surface area contributed by atoms with Gasteiger partial charge in [0.1, 0.15) is 0 Å². The third kappa shape index (κ3) is 4.76. The molecule has 2 heterocycles. The molecule has 2 aliphatic heterocycles. The average molecular weight is 547 g/mol. The Morgan fingerprint density at radius 3 is 2.08 bits per heavy atom. The van der Waals surface area contributed by atoms with Gasteiger partial charge in [-0.3, -0.25) is 9.59 Å². The number of likely N-dealkylation sites (tertiary alicyclic amines) is 2. The van der Waals surface area contributed by atoms with E-state index in [9.17, 15) is 14.4 Å². The predicted octanol–water partition coefficient (Wildman–Crippen LogP) is 5.38. The summed E-state index contributed by atoms with van der Waals surface area (Å²) in [7, 11) is 1.56. The van der Waals surface area contributed by atoms with E-state index in [0.29, 0.717) is 30.6 Å². The summed E-state index contributed by atoms with van der Waals surface area (Å²) in [5.41, 5.74) is -1.30. The van der Waals surface area contributed by atoms with Crippen molar-refractivity contribution >= 4 is 17.7 Å². The number of hydrogen-bond donors (Lipinski definition) is 0. The van der Waals surface area contributed by atoms with Gasteiger partial charge in [-0.25, -0.2) is 4.79 Å². The molecule has 40 heavy (non-hydrogen) atoms. The number of Topliss-reactive ketones (excluding diaryl/α,β-unsaturated/α-hetero) is 2. The lowest BCUT2D eigenvalue weighted by Crippen LogP contribution is -2.51. The molecule has 2 saturated heterocycles. The first-order valence-corrected chi connectivity index (χ1v) is 14.8. The van der Waals surface area contributed by atoms with Crippen LogP contribution in [0, 0.1) is 0 Å². The van der Waals surface area contributed by atoms with Crippen LogP contribution in [-0.4, -0.2) is 72.9 Å². The van der Waals surface area contributed by atoms with E-state index in [1.54, 1.807) is 54.5 Å². The van der Waals surface area contributed by atoms with Gasteiger partial charge in [0.25, 0.3) is 5.60 Å². The lowest BCUT2D eigenvalue weighted by molar-refractivity contribution is 0.0000464. The zero-order valence-corrected chi connectivity index (χ0v) is 23.2. The van der Waals surface area contributed by atoms with Crippen molar-refractivity contribution < 1.29 is 28.6 Å². The van der Waals surface area contributed by atoms with Crippen LogP contribution in [0.4, 0.5) is 4.79 Å². The number of piperidine rings is 2. The van der Waals surface area contributed by atoms with Gasteiger partial charge in [-0.2, -0.15) is 0 Å². The van der Waals surface area contributed by atoms with Gasteiger partial charge in [-0.05, 0) is 76.6 Å². The first-order valence-electron chi connectivity index (χ1n) is 14.8. The maximum absolute atomic E-state index is 14.0. The molecule has 0 N–H and O–H groups in total. The number of rotatable bonds is 6. The highest BCUT2D eigenvalue weighted by molar-refractivity contribution is 6.32. The number of carbonyl (C=O) groups is 3. The summed E-state index contributed by atoms with van der Waals surface area (Å²) in [5.74, 6) is -0.100. The Kier molecular flexibility index (Phi) is 7.53. The third-order valence-electron chi connectivity index (χ3n) is 9.09. The van der Waals surface area contributed by atoms with Crippen LogP contribution in [0.1, 0.15) is 84.1 Å². The highest BCUT2D eigenvalue weighted by atomic mass is 16.6. The standard InChI is InChI=1S/C32H38N2O6/c1-38-27-14-13-22(21-28(27)39-24-9-3-4-10-24)32(29(35)25-11-5-6-12-26(25)30(32)36)40-31(37)34-19-15-23(16-20-34)33-17-7-2-8-18-33/h5-6,11-14,21,23-24H,2-4,7-10,15-20H2,1H3. The molecule has 0 atom stereocenters. The molecule has 6 rings (SSSR count). The van der Waals surface area contributed by atoms with Crippen molar-refractivity contribution in [1.82, 2.24) is 9.80 Å². The first-order chi connectivity index (χ1) is 19.5. The van der Waals surface area contributed by atoms with Crippen molar-refractivity contribution in [2.75, 3.05) is 33.3 Å². The summed E-state index contributed by atoms with van der Waals surface area (Å²) in [5, 5.41) is 0. The molecule has 0 unspecified atom stereocenters. The van der Waals surface area contributed by atoms with E-state index in [4.69, 9.17) is 14.2 Å². The minimum absolute atomic E-state index is 0.0380. The maximum atomic E-state index is 14.0. The average Bonchev–Trinajstić information content (AvgIpc) is 3.59. The monoisotopic (exact) mass is 546 g/mol. The SMILES string of the molecule is COc1ccc(C2(OC(=O)N3CCC(N4CCCCC4)CC3)C(=O)c3ccccc3C2=O)cc1OC1CCCC1. The van der Waals surface area contributed by atoms with Crippen molar-refractivity contribution in [2.24, 2.45) is 0 Å². The van der Waals surface area contributed by atoms with Crippen LogP contribution in [-0.2, 0) is 10.3 Å². The number of carbonyl (C=O) groups excluding carboxylic acids is 3. The summed E-state index contributed by atoms with van der Waals surface area (Å²) < 4.78 is 17.9. The molecule has 2 aliphatic carbocycles. The molecule has 0 bridgehead atoms. The minimum atomic E-state index is -2.11. The number of fused-ring (bicyclic) bond motifs is 1. The predicted molar refractivity (Wildman–Crippen MR) is 149 cm³/mol. The van der Waals surface area contributed by atoms with Gasteiger partial charge in [0, 0.05) is 35.8 Å². The van der Waals surface area contributed by atoms with E-state index in [0.717, 1.165) is 51.6 Å². The van der Waals surface area contributed by atoms with Crippen LogP contribution in [0.3, 0.4) is 0 Å². The molecule has 2 aromatic rings. The second-order valence-corrected chi connectivity index (χ2v) is 11.5. The number of ether oxygens (including phenoxy) is 3. The van der Waals surface area contributed by atoms with E-state index in [1.165, 1.54) is 19.3 Å². The summed E-state index contributed by atoms with van der Waals surface area (Å²) in [4.78, 5) is 45.9. The Balaban J connectivity index is 1.30. The molecule has 3 fully saturated rings. The van der Waals surface area contributed by atoms with Crippen molar-refractivity contribution in [1.29, 1.82) is 0 Å². The Morgan fingerprint density at radius 1 is 0.800 bits per heavy atom. The van der Waals surface area contributed by atoms with Gasteiger partial charge in [0.05, 0.1) is 13.2 Å². The smallest absolute Gasteiger partial charge is 0.411 e. The van der Waals surface area contributed by atoms with Crippen LogP contribution in [0.2, 0.25) is 0 Å². The second-order valence-electron chi connectivity index (χ2n) is 11.5. The molecule has 212 valence electrons. The quantitative estimate of drug-likeness (QED) is 0.450. The molecule has 8 nitrogen and oxygen atoms in total. The molecule has 0 spiro atoms. The number of ketones is 2. The zero-order valence-electron chi connectivity index (χ0n) is 23.2. The molecule has 2 aromatic carbocycles. The van der Waals surface area contributed by atoms with Crippen molar-refractivity contribution in [3.8, 4) is 11.5 Å². The fourth-order valence-electron chi connectivity index (χ4n) is 6.84. The Hall–Kier alpha value is -3.39. The molecule has 0 radical (unpaired) electrons. The lowest BCUT2D eigenvalue weighted by Gasteiger charge is -2.40. The second kappa shape index (κ2) is 11.2. The molecule has 8 heteroatoms. The number of nitrogens with zero attached hydrogens (tertiary/aromatic N) is 2. The van der Waals surface area contributed by atoms with Crippen LogP contribution in [0.25, 0.3) is 0 Å². The van der Waals surface area contributed by atoms with E-state index in [-0.39, 0.29) is 22.8 Å². The minimum Gasteiger partial charge on any atom is -0.493 e. The number of benzene rings is 2. The fraction of sp³-hybridized carbons (Fsp3) is 0.531. The number of methoxy groups -OCH3 is 1. The summed E-state index contributed by atoms with van der Waals surface area (Å²) in [6, 6.07) is 12.1. The number of hydrogen-bond acceptors (Lipinski definition) is 7. The van der Waals surface area contributed by atoms with E-state index < -0.39 is 23.3 Å². The third-order valence-corrected chi connectivity index (χ3v) is 9.09. The van der Waals surface area contributed by atoms with Crippen LogP contribution in [0.15, 0.2) is 42.5 Å². The van der Waals surface area contributed by atoms with Gasteiger partial charge < -0.3 is 24.0 Å². The van der Waals surface area contributed by atoms with E-state index >= 15 is 0 Å². The largest absolute Gasteiger partial charge is 0.493 e. The summed E-state index contributed by atoms with van der Waals surface area (Å²) in [6.45, 7) is 3.29. The Labute approximate surface area is 235 Å². The topological polar surface area (TPSA) is 85.4 Å². The van der Waals surface area contributed by atoms with E-state index in [2.05, 4.69) is 4.90 Å². The fourth-order valence-corrected chi connectivity index (χ4v) is 6.84. The van der Waals surface area contributed by atoms with Crippen LogP contribution in [0.5, 0.6) is 11.5 Å². The molecule has 0 aromatic heterocycles. The Bertz CT molecular complexity index is 1240. The highest BCUT2D eigenvalue weighted by Crippen LogP contribution is 2.44. The molecule has 4 aliphatic rings. The van der Waals surface area contributed by atoms with E-state index in [1.807, 2.05) is 0 Å². The van der Waals surface area contributed by atoms with Gasteiger partial charge in [-0.15, -0.1) is 0 Å². The van der Waals surface area contributed by atoms with Crippen molar-refractivity contribution in [3.05, 3.63) is 59.2 Å². The van der Waals surface area contributed by atoms with Gasteiger partial charge in [-0.1, -0.05) is 36.8 Å². The lowest BCUT2D eigenvalue weighted by atomic mass is 9.88. The van der Waals surface area contributed by atoms with Gasteiger partial charge in [0.15, 0.2) is 11.5 Å². The van der Waals surface area contributed by atoms with Crippen molar-refractivity contribution in [3.63, 3.8) is 0 Å². The summed E-state index contributed by atoms with van der Waals surface area (Å²) in [6.07, 6.45) is 8.90. The van der Waals surface area contributed by atoms with Crippen LogP contribution < -0.4 is 9.47 Å². The molecular weight excluding hydrogens is 508 g/mol. The molecule has 1 amide bonds. The Morgan fingerprint density at radius 2 is 1.45 bits per heavy atom. The van der Waals surface area contributed by atoms with Gasteiger partial charge in [0.2, 0.25) is 11.6 Å². The van der Waals surface area contributed by atoms with Gasteiger partial charge >= 0.3 is 6.09 Å². The van der Waals surface area contributed by atoms with Crippen LogP contribution >= 0.6 is 0 Å². The normalized spacial score (nSPS) is 21.9. The highest BCUT2D eigenvalue weighted by Gasteiger charge is 2.58. The summed E-state index contributed by atoms with van der Waals surface area (Å²) >= 11 is 0. The first kappa shape index (κ1) is 26.8. The zero-order chi connectivity index (χ0) is 27.7.